The van der Waals surface area contributed by atoms with Crippen LogP contribution in [0, 0.1) is 6.92 Å². The summed E-state index contributed by atoms with van der Waals surface area (Å²) in [6, 6.07) is 0. The van der Waals surface area contributed by atoms with Gasteiger partial charge in [-0.1, -0.05) is 0 Å². The zero-order valence-corrected chi connectivity index (χ0v) is 7.52. The summed E-state index contributed by atoms with van der Waals surface area (Å²) in [4.78, 5) is 0. The minimum atomic E-state index is 0.332. The lowest BCUT2D eigenvalue weighted by molar-refractivity contribution is 0.793. The van der Waals surface area contributed by atoms with Crippen molar-refractivity contribution in [2.75, 3.05) is 0 Å². The predicted molar refractivity (Wildman–Crippen MR) is 43.7 cm³/mol. The molecule has 0 aliphatic carbocycles. The van der Waals surface area contributed by atoms with Crippen molar-refractivity contribution in [3.05, 3.63) is 17.0 Å². The summed E-state index contributed by atoms with van der Waals surface area (Å²) < 4.78 is 0. The van der Waals surface area contributed by atoms with E-state index < -0.39 is 0 Å². The van der Waals surface area contributed by atoms with Gasteiger partial charge in [0.1, 0.15) is 0 Å². The van der Waals surface area contributed by atoms with Gasteiger partial charge in [-0.25, -0.2) is 0 Å². The molecule has 0 N–H and O–H groups in total. The highest BCUT2D eigenvalue weighted by molar-refractivity contribution is 6.18. The molecular formula is C6H7Cl2N3. The number of alkyl halides is 2. The van der Waals surface area contributed by atoms with Crippen LogP contribution in [0.4, 0.5) is 0 Å². The maximum Gasteiger partial charge on any atom is 0.0859 e. The van der Waals surface area contributed by atoms with E-state index in [9.17, 15) is 0 Å². The fourth-order valence-corrected chi connectivity index (χ4v) is 1.32. The Kier molecular flexibility index (Phi) is 3.02. The van der Waals surface area contributed by atoms with Gasteiger partial charge in [0.25, 0.3) is 0 Å². The van der Waals surface area contributed by atoms with E-state index in [0.717, 1.165) is 11.3 Å². The van der Waals surface area contributed by atoms with E-state index in [4.69, 9.17) is 23.2 Å². The van der Waals surface area contributed by atoms with Gasteiger partial charge in [-0.05, 0) is 12.1 Å². The van der Waals surface area contributed by atoms with E-state index in [0.29, 0.717) is 17.5 Å². The molecular weight excluding hydrogens is 185 g/mol. The second kappa shape index (κ2) is 3.83. The summed E-state index contributed by atoms with van der Waals surface area (Å²) in [5.74, 6) is 0.717. The minimum absolute atomic E-state index is 0.332. The SMILES string of the molecule is Cc1nnnc(CCl)c1CCl. The highest BCUT2D eigenvalue weighted by Gasteiger charge is 2.06. The summed E-state index contributed by atoms with van der Waals surface area (Å²) in [7, 11) is 0. The fourth-order valence-electron chi connectivity index (χ4n) is 0.754. The number of rotatable bonds is 2. The number of aromatic nitrogens is 3. The van der Waals surface area contributed by atoms with Gasteiger partial charge in [0, 0.05) is 5.56 Å². The largest absolute Gasteiger partial charge is 0.135 e. The molecule has 11 heavy (non-hydrogen) atoms. The highest BCUT2D eigenvalue weighted by atomic mass is 35.5. The lowest BCUT2D eigenvalue weighted by Gasteiger charge is -2.01. The maximum absolute atomic E-state index is 5.65. The van der Waals surface area contributed by atoms with Crippen molar-refractivity contribution in [2.45, 2.75) is 18.7 Å². The van der Waals surface area contributed by atoms with E-state index in [-0.39, 0.29) is 0 Å². The lowest BCUT2D eigenvalue weighted by Crippen LogP contribution is -2.02. The normalized spacial score (nSPS) is 10.1. The molecule has 0 atom stereocenters. The van der Waals surface area contributed by atoms with Gasteiger partial charge in [0.2, 0.25) is 0 Å². The number of halogens is 2. The Balaban J connectivity index is 3.13. The first-order chi connectivity index (χ1) is 5.29. The van der Waals surface area contributed by atoms with E-state index in [1.807, 2.05) is 6.92 Å². The standard InChI is InChI=1S/C6H7Cl2N3/c1-4-5(2-7)6(3-8)10-11-9-4/h2-3H2,1H3. The average Bonchev–Trinajstić information content (AvgIpc) is 2.04. The van der Waals surface area contributed by atoms with Crippen molar-refractivity contribution >= 4 is 23.2 Å². The lowest BCUT2D eigenvalue weighted by atomic mass is 10.2. The van der Waals surface area contributed by atoms with Crippen LogP contribution in [0.1, 0.15) is 17.0 Å². The molecule has 0 bridgehead atoms. The number of aryl methyl sites for hydroxylation is 1. The van der Waals surface area contributed by atoms with Gasteiger partial charge in [0.15, 0.2) is 0 Å². The molecule has 0 aliphatic heterocycles. The molecule has 0 saturated heterocycles. The van der Waals surface area contributed by atoms with E-state index >= 15 is 0 Å². The Bertz CT molecular complexity index is 252. The van der Waals surface area contributed by atoms with Crippen molar-refractivity contribution in [2.24, 2.45) is 0 Å². The van der Waals surface area contributed by atoms with Crippen molar-refractivity contribution in [3.63, 3.8) is 0 Å². The van der Waals surface area contributed by atoms with Crippen LogP contribution in [0.2, 0.25) is 0 Å². The van der Waals surface area contributed by atoms with Crippen LogP contribution in [0.25, 0.3) is 0 Å². The Morgan fingerprint density at radius 2 is 1.91 bits per heavy atom. The molecule has 0 aliphatic rings. The highest BCUT2D eigenvalue weighted by Crippen LogP contribution is 2.12. The molecule has 1 aromatic heterocycles. The zero-order chi connectivity index (χ0) is 8.27. The predicted octanol–water partition coefficient (Wildman–Crippen LogP) is 1.66. The number of hydrogen-bond acceptors (Lipinski definition) is 3. The quantitative estimate of drug-likeness (QED) is 0.668. The smallest absolute Gasteiger partial charge is 0.0859 e. The Hall–Kier alpha value is -0.410. The van der Waals surface area contributed by atoms with Crippen LogP contribution >= 0.6 is 23.2 Å². The van der Waals surface area contributed by atoms with Crippen molar-refractivity contribution in [3.8, 4) is 0 Å². The van der Waals surface area contributed by atoms with Gasteiger partial charge in [-0.3, -0.25) is 0 Å². The van der Waals surface area contributed by atoms with Crippen LogP contribution in [0.3, 0.4) is 0 Å². The molecule has 0 saturated carbocycles. The molecule has 60 valence electrons. The first kappa shape index (κ1) is 8.68. The molecule has 0 spiro atoms. The molecule has 1 rings (SSSR count). The van der Waals surface area contributed by atoms with E-state index in [2.05, 4.69) is 15.4 Å². The van der Waals surface area contributed by atoms with Crippen molar-refractivity contribution in [1.82, 2.24) is 15.4 Å². The molecule has 0 radical (unpaired) electrons. The number of nitrogens with zero attached hydrogens (tertiary/aromatic N) is 3. The minimum Gasteiger partial charge on any atom is -0.135 e. The molecule has 1 aromatic rings. The second-order valence-corrected chi connectivity index (χ2v) is 2.60. The molecule has 3 nitrogen and oxygen atoms in total. The Morgan fingerprint density at radius 3 is 2.36 bits per heavy atom. The monoisotopic (exact) mass is 191 g/mol. The first-order valence-electron chi connectivity index (χ1n) is 3.09. The van der Waals surface area contributed by atoms with Gasteiger partial charge >= 0.3 is 0 Å². The van der Waals surface area contributed by atoms with E-state index in [1.54, 1.807) is 0 Å². The topological polar surface area (TPSA) is 38.7 Å². The average molecular weight is 192 g/mol. The summed E-state index contributed by atoms with van der Waals surface area (Å²) in [6.07, 6.45) is 0. The van der Waals surface area contributed by atoms with Gasteiger partial charge in [-0.2, -0.15) is 0 Å². The van der Waals surface area contributed by atoms with Crippen molar-refractivity contribution < 1.29 is 0 Å². The van der Waals surface area contributed by atoms with Crippen LogP contribution in [-0.4, -0.2) is 15.4 Å². The summed E-state index contributed by atoms with van der Waals surface area (Å²) in [5.41, 5.74) is 2.40. The first-order valence-corrected chi connectivity index (χ1v) is 4.16. The van der Waals surface area contributed by atoms with Crippen LogP contribution in [0.15, 0.2) is 0 Å². The summed E-state index contributed by atoms with van der Waals surface area (Å²) in [5, 5.41) is 11.0. The van der Waals surface area contributed by atoms with Crippen molar-refractivity contribution in [1.29, 1.82) is 0 Å². The molecule has 0 fully saturated rings. The summed E-state index contributed by atoms with van der Waals surface area (Å²) >= 11 is 11.2. The maximum atomic E-state index is 5.65. The van der Waals surface area contributed by atoms with Gasteiger partial charge in [-0.15, -0.1) is 33.4 Å². The van der Waals surface area contributed by atoms with E-state index in [1.165, 1.54) is 0 Å². The fraction of sp³-hybridized carbons (Fsp3) is 0.500. The second-order valence-electron chi connectivity index (χ2n) is 2.07. The molecule has 1 heterocycles. The zero-order valence-electron chi connectivity index (χ0n) is 6.01. The molecule has 0 amide bonds. The van der Waals surface area contributed by atoms with Crippen LogP contribution < -0.4 is 0 Å². The van der Waals surface area contributed by atoms with Crippen LogP contribution in [-0.2, 0) is 11.8 Å². The van der Waals surface area contributed by atoms with Gasteiger partial charge < -0.3 is 0 Å². The third kappa shape index (κ3) is 1.79. The molecule has 0 unspecified atom stereocenters. The molecule has 0 aromatic carbocycles. The third-order valence-corrected chi connectivity index (χ3v) is 1.93. The third-order valence-electron chi connectivity index (χ3n) is 1.41. The van der Waals surface area contributed by atoms with Gasteiger partial charge in [0.05, 0.1) is 23.1 Å². The van der Waals surface area contributed by atoms with Crippen LogP contribution in [0.5, 0.6) is 0 Å². The molecule has 5 heteroatoms. The Labute approximate surface area is 74.7 Å². The summed E-state index contributed by atoms with van der Waals surface area (Å²) in [6.45, 7) is 1.84. The number of hydrogen-bond donors (Lipinski definition) is 0. The Morgan fingerprint density at radius 1 is 1.18 bits per heavy atom.